The van der Waals surface area contributed by atoms with Gasteiger partial charge in [-0.15, -0.1) is 11.3 Å². The summed E-state index contributed by atoms with van der Waals surface area (Å²) in [7, 11) is -4.00. The maximum atomic E-state index is 13.5. The number of halogens is 2. The van der Waals surface area contributed by atoms with Gasteiger partial charge in [0.05, 0.1) is 17.2 Å². The van der Waals surface area contributed by atoms with E-state index >= 15 is 0 Å². The number of aromatic nitrogens is 2. The Bertz CT molecular complexity index is 1170. The number of nitrogens with zero attached hydrogens (tertiary/aromatic N) is 3. The number of hydrogen-bond donors (Lipinski definition) is 1. The number of rotatable bonds is 5. The van der Waals surface area contributed by atoms with Crippen LogP contribution in [0.2, 0.25) is 0 Å². The van der Waals surface area contributed by atoms with Crippen molar-refractivity contribution in [2.24, 2.45) is 0 Å². The maximum Gasteiger partial charge on any atom is 0.243 e. The zero-order valence-corrected chi connectivity index (χ0v) is 17.5. The molecule has 0 saturated carbocycles. The van der Waals surface area contributed by atoms with Crippen molar-refractivity contribution in [3.63, 3.8) is 0 Å². The molecule has 158 valence electrons. The van der Waals surface area contributed by atoms with Gasteiger partial charge in [-0.1, -0.05) is 6.07 Å². The van der Waals surface area contributed by atoms with Gasteiger partial charge >= 0.3 is 0 Å². The molecule has 1 atom stereocenters. The van der Waals surface area contributed by atoms with Gasteiger partial charge in [0, 0.05) is 24.2 Å². The van der Waals surface area contributed by atoms with E-state index in [-0.39, 0.29) is 24.6 Å². The maximum absolute atomic E-state index is 13.5. The fourth-order valence-corrected chi connectivity index (χ4v) is 5.14. The van der Waals surface area contributed by atoms with Crippen LogP contribution in [0.1, 0.15) is 16.7 Å². The van der Waals surface area contributed by atoms with Crippen molar-refractivity contribution in [1.82, 2.24) is 14.3 Å². The molecule has 2 aromatic heterocycles. The summed E-state index contributed by atoms with van der Waals surface area (Å²) >= 11 is 1.49. The molecule has 1 saturated heterocycles. The molecule has 7 nitrogen and oxygen atoms in total. The molecule has 3 heterocycles. The fourth-order valence-electron chi connectivity index (χ4n) is 3.03. The molecule has 0 bridgehead atoms. The number of ether oxygens (including phenoxy) is 1. The van der Waals surface area contributed by atoms with Gasteiger partial charge in [-0.2, -0.15) is 4.31 Å². The fraction of sp³-hybridized carbons (Fsp3) is 0.263. The van der Waals surface area contributed by atoms with E-state index in [0.29, 0.717) is 22.7 Å². The van der Waals surface area contributed by atoms with Crippen LogP contribution in [0, 0.1) is 18.6 Å². The monoisotopic (exact) mass is 452 g/mol. The van der Waals surface area contributed by atoms with Crippen molar-refractivity contribution in [3.8, 4) is 0 Å². The van der Waals surface area contributed by atoms with Gasteiger partial charge in [0.25, 0.3) is 0 Å². The number of pyridine rings is 1. The van der Waals surface area contributed by atoms with Crippen LogP contribution < -0.4 is 5.32 Å². The molecule has 1 fully saturated rings. The van der Waals surface area contributed by atoms with Gasteiger partial charge in [-0.3, -0.25) is 0 Å². The number of hydrogen-bond acceptors (Lipinski definition) is 7. The van der Waals surface area contributed by atoms with Crippen LogP contribution in [0.3, 0.4) is 0 Å². The summed E-state index contributed by atoms with van der Waals surface area (Å²) in [6.07, 6.45) is 1.15. The van der Waals surface area contributed by atoms with Gasteiger partial charge in [-0.25, -0.2) is 27.2 Å². The molecule has 3 aromatic rings. The van der Waals surface area contributed by atoms with Gasteiger partial charge in [0.1, 0.15) is 11.9 Å². The van der Waals surface area contributed by atoms with Crippen LogP contribution >= 0.6 is 11.3 Å². The van der Waals surface area contributed by atoms with Crippen LogP contribution in [0.4, 0.5) is 19.7 Å². The predicted octanol–water partition coefficient (Wildman–Crippen LogP) is 3.63. The molecule has 11 heteroatoms. The molecule has 30 heavy (non-hydrogen) atoms. The highest BCUT2D eigenvalue weighted by Crippen LogP contribution is 2.28. The van der Waals surface area contributed by atoms with Crippen LogP contribution in [0.15, 0.2) is 47.5 Å². The third-order valence-corrected chi connectivity index (χ3v) is 7.20. The topological polar surface area (TPSA) is 84.4 Å². The number of nitrogens with one attached hydrogen (secondary N) is 1. The van der Waals surface area contributed by atoms with Crippen molar-refractivity contribution in [2.75, 3.05) is 25.0 Å². The molecule has 0 amide bonds. The predicted molar refractivity (Wildman–Crippen MR) is 108 cm³/mol. The first-order valence-electron chi connectivity index (χ1n) is 9.06. The highest BCUT2D eigenvalue weighted by Gasteiger charge is 2.32. The van der Waals surface area contributed by atoms with Crippen LogP contribution in [0.5, 0.6) is 0 Å². The van der Waals surface area contributed by atoms with Gasteiger partial charge < -0.3 is 10.1 Å². The first-order valence-corrected chi connectivity index (χ1v) is 11.3. The average Bonchev–Trinajstić information content (AvgIpc) is 3.15. The molecule has 1 unspecified atom stereocenters. The Kier molecular flexibility index (Phi) is 5.78. The number of morpholine rings is 1. The Labute approximate surface area is 176 Å². The van der Waals surface area contributed by atoms with E-state index in [1.165, 1.54) is 15.6 Å². The lowest BCUT2D eigenvalue weighted by Crippen LogP contribution is -2.42. The normalized spacial score (nSPS) is 17.8. The van der Waals surface area contributed by atoms with E-state index in [1.807, 2.05) is 6.92 Å². The van der Waals surface area contributed by atoms with E-state index in [9.17, 15) is 17.2 Å². The molecule has 0 spiro atoms. The Morgan fingerprint density at radius 2 is 2.07 bits per heavy atom. The molecule has 4 rings (SSSR count). The smallest absolute Gasteiger partial charge is 0.243 e. The molecule has 1 aliphatic heterocycles. The Balaban J connectivity index is 1.53. The quantitative estimate of drug-likeness (QED) is 0.637. The first kappa shape index (κ1) is 20.8. The Hall–Kier alpha value is -2.47. The van der Waals surface area contributed by atoms with Crippen molar-refractivity contribution in [2.45, 2.75) is 17.9 Å². The van der Waals surface area contributed by atoms with E-state index in [1.54, 1.807) is 24.4 Å². The van der Waals surface area contributed by atoms with Crippen molar-refractivity contribution < 1.29 is 21.9 Å². The molecule has 1 N–H and O–H groups in total. The van der Waals surface area contributed by atoms with E-state index in [2.05, 4.69) is 15.3 Å². The number of sulfonamides is 1. The number of thiazole rings is 1. The Morgan fingerprint density at radius 1 is 1.23 bits per heavy atom. The molecule has 1 aliphatic rings. The molecule has 0 radical (unpaired) electrons. The van der Waals surface area contributed by atoms with E-state index in [4.69, 9.17) is 4.74 Å². The minimum atomic E-state index is -4.00. The first-order chi connectivity index (χ1) is 14.3. The summed E-state index contributed by atoms with van der Waals surface area (Å²) in [4.78, 5) is 9.51. The minimum Gasteiger partial charge on any atom is -0.369 e. The number of aryl methyl sites for hydroxylation is 1. The summed E-state index contributed by atoms with van der Waals surface area (Å²) < 4.78 is 59.4. The second-order valence-electron chi connectivity index (χ2n) is 6.65. The van der Waals surface area contributed by atoms with E-state index in [0.717, 1.165) is 17.0 Å². The van der Waals surface area contributed by atoms with Crippen LogP contribution in [-0.2, 0) is 14.8 Å². The third kappa shape index (κ3) is 4.33. The highest BCUT2D eigenvalue weighted by molar-refractivity contribution is 7.89. The molecular weight excluding hydrogens is 434 g/mol. The molecular formula is C19H18F2N4O3S2. The lowest BCUT2D eigenvalue weighted by atomic mass is 10.2. The number of benzene rings is 1. The van der Waals surface area contributed by atoms with Gasteiger partial charge in [0.2, 0.25) is 10.0 Å². The molecule has 0 aliphatic carbocycles. The summed E-state index contributed by atoms with van der Waals surface area (Å²) in [5.41, 5.74) is 0.554. The minimum absolute atomic E-state index is 0.00808. The van der Waals surface area contributed by atoms with Crippen molar-refractivity contribution in [1.29, 1.82) is 0 Å². The Morgan fingerprint density at radius 3 is 2.80 bits per heavy atom. The average molecular weight is 453 g/mol. The van der Waals surface area contributed by atoms with Crippen LogP contribution in [0.25, 0.3) is 0 Å². The van der Waals surface area contributed by atoms with Gasteiger partial charge in [0.15, 0.2) is 16.8 Å². The summed E-state index contributed by atoms with van der Waals surface area (Å²) in [6, 6.07) is 7.86. The summed E-state index contributed by atoms with van der Waals surface area (Å²) in [6.45, 7) is 2.21. The second kappa shape index (κ2) is 8.34. The third-order valence-electron chi connectivity index (χ3n) is 4.51. The standard InChI is InChI=1S/C19H18F2N4O3S2/c1-12-10-22-19(29-12)24-18-4-2-3-16(23-18)17-11-25(7-8-28-17)30(26,27)13-5-6-14(20)15(21)9-13/h2-6,9-10,17H,7-8,11H2,1H3,(H,22,23,24). The van der Waals surface area contributed by atoms with Crippen molar-refractivity contribution in [3.05, 3.63) is 64.8 Å². The lowest BCUT2D eigenvalue weighted by molar-refractivity contribution is -0.00486. The van der Waals surface area contributed by atoms with Crippen LogP contribution in [-0.4, -0.2) is 42.4 Å². The summed E-state index contributed by atoms with van der Waals surface area (Å²) in [5, 5.41) is 3.81. The second-order valence-corrected chi connectivity index (χ2v) is 9.82. The van der Waals surface area contributed by atoms with E-state index < -0.39 is 27.8 Å². The summed E-state index contributed by atoms with van der Waals surface area (Å²) in [5.74, 6) is -1.75. The SMILES string of the molecule is Cc1cnc(Nc2cccc(C3CN(S(=O)(=O)c4ccc(F)c(F)c4)CCO3)n2)s1. The molecule has 1 aromatic carbocycles. The zero-order valence-electron chi connectivity index (χ0n) is 15.9. The van der Waals surface area contributed by atoms with Gasteiger partial charge in [-0.05, 0) is 37.3 Å². The van der Waals surface area contributed by atoms with Crippen molar-refractivity contribution >= 4 is 32.3 Å². The lowest BCUT2D eigenvalue weighted by Gasteiger charge is -2.32. The number of anilines is 2. The highest BCUT2D eigenvalue weighted by atomic mass is 32.2. The largest absolute Gasteiger partial charge is 0.369 e. The zero-order chi connectivity index (χ0) is 21.3.